The Kier molecular flexibility index (Phi) is 9.23. The summed E-state index contributed by atoms with van der Waals surface area (Å²) in [5.74, 6) is -1.70. The summed E-state index contributed by atoms with van der Waals surface area (Å²) in [5.41, 5.74) is -0.126. The molecule has 0 fully saturated rings. The summed E-state index contributed by atoms with van der Waals surface area (Å²) in [6.45, 7) is 5.04. The zero-order valence-corrected chi connectivity index (χ0v) is 19.0. The van der Waals surface area contributed by atoms with Crippen LogP contribution in [0.25, 0.3) is 0 Å². The van der Waals surface area contributed by atoms with Crippen molar-refractivity contribution in [1.29, 1.82) is 0 Å². The average molecular weight is 456 g/mol. The van der Waals surface area contributed by atoms with E-state index in [9.17, 15) is 18.4 Å². The monoisotopic (exact) mass is 455 g/mol. The Labute approximate surface area is 187 Å². The molecule has 0 unspecified atom stereocenters. The molecule has 31 heavy (non-hydrogen) atoms. The standard InChI is InChI=1S/C21H25F2N3O4.H2S/c1-21(2,3)30-20(28)25-17(10-13-8-14(22)11-15(23)9-13)19(27)26(4)16-6-7-18(29-5)24-12-16;/h6-9,11-12,17H,10H2,1-5H3,(H,25,28);1H2/t17-;/m0./s1. The van der Waals surface area contributed by atoms with Crippen LogP contribution in [0, 0.1) is 11.6 Å². The van der Waals surface area contributed by atoms with Gasteiger partial charge in [-0.1, -0.05) is 0 Å². The number of nitrogens with zero attached hydrogens (tertiary/aromatic N) is 2. The van der Waals surface area contributed by atoms with Crippen LogP contribution in [-0.2, 0) is 16.0 Å². The second-order valence-corrected chi connectivity index (χ2v) is 7.64. The van der Waals surface area contributed by atoms with Crippen molar-refractivity contribution >= 4 is 31.2 Å². The van der Waals surface area contributed by atoms with Crippen LogP contribution >= 0.6 is 13.5 Å². The van der Waals surface area contributed by atoms with Crippen molar-refractivity contribution in [3.63, 3.8) is 0 Å². The third-order valence-electron chi connectivity index (χ3n) is 4.00. The van der Waals surface area contributed by atoms with Crippen LogP contribution in [0.1, 0.15) is 26.3 Å². The van der Waals surface area contributed by atoms with Crippen molar-refractivity contribution in [2.45, 2.75) is 38.8 Å². The SMILES string of the molecule is COc1ccc(N(C)C(=O)[C@H](Cc2cc(F)cc(F)c2)NC(=O)OC(C)(C)C)cn1.S. The Bertz CT molecular complexity index is 884. The molecule has 1 aromatic carbocycles. The highest BCUT2D eigenvalue weighted by atomic mass is 32.1. The summed E-state index contributed by atoms with van der Waals surface area (Å²) < 4.78 is 37.4. The number of aromatic nitrogens is 1. The van der Waals surface area contributed by atoms with Gasteiger partial charge in [-0.3, -0.25) is 4.79 Å². The molecule has 1 atom stereocenters. The maximum Gasteiger partial charge on any atom is 0.408 e. The van der Waals surface area contributed by atoms with Crippen molar-refractivity contribution in [1.82, 2.24) is 10.3 Å². The van der Waals surface area contributed by atoms with E-state index in [1.807, 2.05) is 0 Å². The predicted molar refractivity (Wildman–Crippen MR) is 118 cm³/mol. The summed E-state index contributed by atoms with van der Waals surface area (Å²) in [4.78, 5) is 30.7. The quantitative estimate of drug-likeness (QED) is 0.720. The predicted octanol–water partition coefficient (Wildman–Crippen LogP) is 3.58. The third kappa shape index (κ3) is 8.05. The van der Waals surface area contributed by atoms with Gasteiger partial charge >= 0.3 is 6.09 Å². The molecule has 1 aromatic heterocycles. The molecule has 2 amide bonds. The van der Waals surface area contributed by atoms with E-state index in [0.717, 1.165) is 18.2 Å². The van der Waals surface area contributed by atoms with Gasteiger partial charge in [0.05, 0.1) is 19.0 Å². The highest BCUT2D eigenvalue weighted by molar-refractivity contribution is 7.59. The molecule has 0 saturated heterocycles. The molecule has 0 bridgehead atoms. The van der Waals surface area contributed by atoms with Crippen molar-refractivity contribution in [2.24, 2.45) is 0 Å². The molecule has 0 spiro atoms. The van der Waals surface area contributed by atoms with Crippen molar-refractivity contribution in [2.75, 3.05) is 19.1 Å². The third-order valence-corrected chi connectivity index (χ3v) is 4.00. The molecule has 0 aliphatic heterocycles. The molecule has 1 heterocycles. The van der Waals surface area contributed by atoms with E-state index in [4.69, 9.17) is 9.47 Å². The summed E-state index contributed by atoms with van der Waals surface area (Å²) in [6, 6.07) is 5.02. The number of alkyl carbamates (subject to hydrolysis) is 1. The minimum atomic E-state index is -1.13. The van der Waals surface area contributed by atoms with Crippen molar-refractivity contribution < 1.29 is 27.8 Å². The molecule has 10 heteroatoms. The lowest BCUT2D eigenvalue weighted by Gasteiger charge is -2.26. The van der Waals surface area contributed by atoms with Crippen LogP contribution in [0.5, 0.6) is 5.88 Å². The van der Waals surface area contributed by atoms with Crippen LogP contribution in [0.4, 0.5) is 19.3 Å². The normalized spacial score (nSPS) is 11.7. The van der Waals surface area contributed by atoms with Crippen LogP contribution in [0.15, 0.2) is 36.5 Å². The molecular formula is C21H27F2N3O4S. The number of pyridine rings is 1. The lowest BCUT2D eigenvalue weighted by Crippen LogP contribution is -2.50. The minimum Gasteiger partial charge on any atom is -0.481 e. The minimum absolute atomic E-state index is 0. The van der Waals surface area contributed by atoms with E-state index >= 15 is 0 Å². The van der Waals surface area contributed by atoms with Gasteiger partial charge in [0.2, 0.25) is 11.8 Å². The first-order valence-corrected chi connectivity index (χ1v) is 9.20. The number of anilines is 1. The number of likely N-dealkylation sites (N-methyl/N-ethyl adjacent to an activating group) is 1. The maximum atomic E-state index is 13.6. The van der Waals surface area contributed by atoms with Gasteiger partial charge in [0, 0.05) is 25.6 Å². The largest absolute Gasteiger partial charge is 0.481 e. The number of methoxy groups -OCH3 is 1. The van der Waals surface area contributed by atoms with Crippen molar-refractivity contribution in [3.05, 3.63) is 53.7 Å². The summed E-state index contributed by atoms with van der Waals surface area (Å²) >= 11 is 0. The number of hydrogen-bond acceptors (Lipinski definition) is 5. The summed E-state index contributed by atoms with van der Waals surface area (Å²) in [7, 11) is 2.97. The fraction of sp³-hybridized carbons (Fsp3) is 0.381. The Morgan fingerprint density at radius 2 is 1.77 bits per heavy atom. The fourth-order valence-electron chi connectivity index (χ4n) is 2.67. The zero-order chi connectivity index (χ0) is 22.5. The van der Waals surface area contributed by atoms with Crippen molar-refractivity contribution in [3.8, 4) is 5.88 Å². The Hall–Kier alpha value is -2.88. The van der Waals surface area contributed by atoms with Gasteiger partial charge in [-0.05, 0) is 44.5 Å². The maximum absolute atomic E-state index is 13.6. The molecule has 0 radical (unpaired) electrons. The number of halogens is 2. The van der Waals surface area contributed by atoms with E-state index in [1.54, 1.807) is 32.9 Å². The van der Waals surface area contributed by atoms with Gasteiger partial charge in [-0.15, -0.1) is 0 Å². The molecule has 170 valence electrons. The number of carbonyl (C=O) groups is 2. The molecule has 0 aliphatic rings. The van der Waals surface area contributed by atoms with E-state index < -0.39 is 35.3 Å². The zero-order valence-electron chi connectivity index (χ0n) is 18.0. The van der Waals surface area contributed by atoms with Crippen LogP contribution in [0.2, 0.25) is 0 Å². The van der Waals surface area contributed by atoms with Gasteiger partial charge in [0.1, 0.15) is 23.3 Å². The topological polar surface area (TPSA) is 80.8 Å². The molecule has 0 saturated carbocycles. The van der Waals surface area contributed by atoms with Crippen LogP contribution in [-0.4, -0.2) is 42.8 Å². The first-order valence-electron chi connectivity index (χ1n) is 9.20. The molecule has 2 aromatic rings. The average Bonchev–Trinajstić information content (AvgIpc) is 2.64. The lowest BCUT2D eigenvalue weighted by molar-refractivity contribution is -0.120. The lowest BCUT2D eigenvalue weighted by atomic mass is 10.0. The second-order valence-electron chi connectivity index (χ2n) is 7.64. The highest BCUT2D eigenvalue weighted by Crippen LogP contribution is 2.18. The molecule has 1 N–H and O–H groups in total. The van der Waals surface area contributed by atoms with E-state index in [1.165, 1.54) is 25.3 Å². The Balaban J connectivity index is 0.00000480. The number of carbonyl (C=O) groups excluding carboxylic acids is 2. The number of nitrogens with one attached hydrogen (secondary N) is 1. The fourth-order valence-corrected chi connectivity index (χ4v) is 2.67. The van der Waals surface area contributed by atoms with Gasteiger partial charge in [0.25, 0.3) is 0 Å². The van der Waals surface area contributed by atoms with E-state index in [0.29, 0.717) is 11.6 Å². The van der Waals surface area contributed by atoms with Crippen LogP contribution in [0.3, 0.4) is 0 Å². The van der Waals surface area contributed by atoms with Gasteiger partial charge in [0.15, 0.2) is 0 Å². The smallest absolute Gasteiger partial charge is 0.408 e. The van der Waals surface area contributed by atoms with Gasteiger partial charge in [-0.2, -0.15) is 13.5 Å². The first kappa shape index (κ1) is 26.2. The molecule has 0 aliphatic carbocycles. The molecule has 7 nitrogen and oxygen atoms in total. The Morgan fingerprint density at radius 3 is 2.26 bits per heavy atom. The number of ether oxygens (including phenoxy) is 2. The first-order chi connectivity index (χ1) is 14.0. The number of benzene rings is 1. The molecular weight excluding hydrogens is 428 g/mol. The molecule has 2 rings (SSSR count). The number of amides is 2. The second kappa shape index (κ2) is 10.9. The Morgan fingerprint density at radius 1 is 1.16 bits per heavy atom. The van der Waals surface area contributed by atoms with Crippen LogP contribution < -0.4 is 15.0 Å². The highest BCUT2D eigenvalue weighted by Gasteiger charge is 2.28. The van der Waals surface area contributed by atoms with Gasteiger partial charge < -0.3 is 19.7 Å². The summed E-state index contributed by atoms with van der Waals surface area (Å²) in [6.07, 6.45) is 0.475. The van der Waals surface area contributed by atoms with E-state index in [2.05, 4.69) is 10.3 Å². The number of rotatable bonds is 6. The van der Waals surface area contributed by atoms with Gasteiger partial charge in [-0.25, -0.2) is 18.6 Å². The summed E-state index contributed by atoms with van der Waals surface area (Å²) in [5, 5.41) is 2.49. The van der Waals surface area contributed by atoms with E-state index in [-0.39, 0.29) is 25.5 Å². The number of hydrogen-bond donors (Lipinski definition) is 1.